The largest absolute Gasteiger partial charge is 0.508 e. The molecule has 4 N–H and O–H groups in total. The molecule has 2 aromatic carbocycles. The van der Waals surface area contributed by atoms with Crippen molar-refractivity contribution < 1.29 is 5.11 Å². The fourth-order valence-corrected chi connectivity index (χ4v) is 4.05. The molecule has 0 spiro atoms. The zero-order valence-electron chi connectivity index (χ0n) is 15.3. The Morgan fingerprint density at radius 1 is 0.846 bits per heavy atom. The number of nitrogens with one attached hydrogen (secondary N) is 3. The van der Waals surface area contributed by atoms with Gasteiger partial charge in [-0.2, -0.15) is 0 Å². The van der Waals surface area contributed by atoms with Crippen LogP contribution in [0.1, 0.15) is 28.8 Å². The van der Waals surface area contributed by atoms with E-state index in [1.54, 1.807) is 12.1 Å². The van der Waals surface area contributed by atoms with Gasteiger partial charge in [-0.25, -0.2) is 0 Å². The second-order valence-electron chi connectivity index (χ2n) is 7.33. The number of piperazine rings is 2. The average molecular weight is 352 g/mol. The van der Waals surface area contributed by atoms with Crippen LogP contribution in [0, 0.1) is 6.92 Å². The van der Waals surface area contributed by atoms with Gasteiger partial charge in [0.2, 0.25) is 0 Å². The molecule has 0 amide bonds. The molecule has 2 heterocycles. The van der Waals surface area contributed by atoms with E-state index < -0.39 is 0 Å². The van der Waals surface area contributed by atoms with E-state index >= 15 is 0 Å². The average Bonchev–Trinajstić information content (AvgIpc) is 2.69. The Hall–Kier alpha value is -1.92. The summed E-state index contributed by atoms with van der Waals surface area (Å²) >= 11 is 0. The van der Waals surface area contributed by atoms with E-state index in [1.165, 1.54) is 16.7 Å². The minimum absolute atomic E-state index is 0.284. The molecule has 4 rings (SSSR count). The van der Waals surface area contributed by atoms with Crippen LogP contribution in [0.15, 0.2) is 48.5 Å². The smallest absolute Gasteiger partial charge is 0.115 e. The van der Waals surface area contributed by atoms with Crippen LogP contribution >= 0.6 is 0 Å². The highest BCUT2D eigenvalue weighted by Crippen LogP contribution is 2.26. The van der Waals surface area contributed by atoms with Gasteiger partial charge in [0.1, 0.15) is 5.75 Å². The summed E-state index contributed by atoms with van der Waals surface area (Å²) in [6.07, 6.45) is 0.285. The van der Waals surface area contributed by atoms with Crippen LogP contribution in [0.5, 0.6) is 5.75 Å². The molecule has 3 atom stereocenters. The molecule has 0 saturated carbocycles. The lowest BCUT2D eigenvalue weighted by molar-refractivity contribution is 0.0781. The Morgan fingerprint density at radius 3 is 2.31 bits per heavy atom. The molecule has 0 bridgehead atoms. The number of phenols is 1. The van der Waals surface area contributed by atoms with Crippen LogP contribution in [0.2, 0.25) is 0 Å². The van der Waals surface area contributed by atoms with Crippen molar-refractivity contribution in [3.05, 3.63) is 65.2 Å². The number of nitrogens with zero attached hydrogens (tertiary/aromatic N) is 1. The van der Waals surface area contributed by atoms with Crippen molar-refractivity contribution in [3.8, 4) is 5.75 Å². The van der Waals surface area contributed by atoms with E-state index in [0.29, 0.717) is 11.8 Å². The predicted molar refractivity (Wildman–Crippen MR) is 104 cm³/mol. The van der Waals surface area contributed by atoms with Gasteiger partial charge in [-0.15, -0.1) is 0 Å². The maximum Gasteiger partial charge on any atom is 0.115 e. The summed E-state index contributed by atoms with van der Waals surface area (Å²) in [6.45, 7) is 7.04. The van der Waals surface area contributed by atoms with Gasteiger partial charge in [0.15, 0.2) is 0 Å². The van der Waals surface area contributed by atoms with Crippen molar-refractivity contribution in [1.82, 2.24) is 20.9 Å². The van der Waals surface area contributed by atoms with Crippen LogP contribution in [0.4, 0.5) is 0 Å². The third kappa shape index (κ3) is 3.76. The Labute approximate surface area is 155 Å². The third-order valence-electron chi connectivity index (χ3n) is 5.49. The molecule has 26 heavy (non-hydrogen) atoms. The Morgan fingerprint density at radius 2 is 1.54 bits per heavy atom. The number of aryl methyl sites for hydroxylation is 1. The molecule has 0 aromatic heterocycles. The molecule has 2 saturated heterocycles. The van der Waals surface area contributed by atoms with Gasteiger partial charge in [0.25, 0.3) is 0 Å². The van der Waals surface area contributed by atoms with Crippen LogP contribution in [-0.2, 0) is 0 Å². The number of phenolic OH excluding ortho intramolecular Hbond substituents is 1. The molecule has 2 aliphatic rings. The van der Waals surface area contributed by atoms with E-state index in [2.05, 4.69) is 52.0 Å². The molecule has 2 fully saturated rings. The fourth-order valence-electron chi connectivity index (χ4n) is 4.05. The van der Waals surface area contributed by atoms with Crippen LogP contribution in [0.25, 0.3) is 0 Å². The van der Waals surface area contributed by atoms with Crippen molar-refractivity contribution in [2.45, 2.75) is 25.2 Å². The number of rotatable bonds is 3. The SMILES string of the molecule is Cc1ccc(C2NCCNC2N2CCNC(c3ccc(O)cc3)C2)cc1. The van der Waals surface area contributed by atoms with Crippen molar-refractivity contribution >= 4 is 0 Å². The zero-order valence-corrected chi connectivity index (χ0v) is 15.3. The molecular formula is C21H28N4O. The highest BCUT2D eigenvalue weighted by atomic mass is 16.3. The second-order valence-corrected chi connectivity index (χ2v) is 7.33. The predicted octanol–water partition coefficient (Wildman–Crippen LogP) is 1.91. The number of hydrogen-bond donors (Lipinski definition) is 4. The summed E-state index contributed by atoms with van der Waals surface area (Å²) in [7, 11) is 0. The topological polar surface area (TPSA) is 59.6 Å². The molecule has 0 radical (unpaired) electrons. The van der Waals surface area contributed by atoms with E-state index in [1.807, 2.05) is 12.1 Å². The summed E-state index contributed by atoms with van der Waals surface area (Å²) in [6, 6.07) is 17.0. The van der Waals surface area contributed by atoms with E-state index in [9.17, 15) is 5.11 Å². The minimum Gasteiger partial charge on any atom is -0.508 e. The summed E-state index contributed by atoms with van der Waals surface area (Å²) in [5, 5.41) is 20.6. The molecule has 2 aromatic rings. The van der Waals surface area contributed by atoms with E-state index in [-0.39, 0.29) is 12.2 Å². The van der Waals surface area contributed by atoms with Crippen molar-refractivity contribution in [2.75, 3.05) is 32.7 Å². The molecule has 0 aliphatic carbocycles. The Kier molecular flexibility index (Phi) is 5.22. The van der Waals surface area contributed by atoms with Gasteiger partial charge in [0, 0.05) is 38.8 Å². The maximum absolute atomic E-state index is 9.54. The standard InChI is InChI=1S/C21H28N4O/c1-15-2-4-17(5-3-15)20-21(24-11-10-23-20)25-13-12-22-19(14-25)16-6-8-18(26)9-7-16/h2-9,19-24,26H,10-14H2,1H3. The van der Waals surface area contributed by atoms with Gasteiger partial charge in [-0.3, -0.25) is 10.2 Å². The molecule has 2 aliphatic heterocycles. The number of aromatic hydroxyl groups is 1. The lowest BCUT2D eigenvalue weighted by Gasteiger charge is -2.45. The number of benzene rings is 2. The molecule has 3 unspecified atom stereocenters. The summed E-state index contributed by atoms with van der Waals surface area (Å²) in [4.78, 5) is 2.55. The summed E-state index contributed by atoms with van der Waals surface area (Å²) < 4.78 is 0. The van der Waals surface area contributed by atoms with Crippen LogP contribution in [-0.4, -0.2) is 48.9 Å². The van der Waals surface area contributed by atoms with Crippen molar-refractivity contribution in [2.24, 2.45) is 0 Å². The van der Waals surface area contributed by atoms with Gasteiger partial charge in [0.05, 0.1) is 12.2 Å². The zero-order chi connectivity index (χ0) is 17.9. The third-order valence-corrected chi connectivity index (χ3v) is 5.49. The first-order chi connectivity index (χ1) is 12.7. The quantitative estimate of drug-likeness (QED) is 0.680. The van der Waals surface area contributed by atoms with Gasteiger partial charge >= 0.3 is 0 Å². The van der Waals surface area contributed by atoms with Crippen LogP contribution < -0.4 is 16.0 Å². The fraction of sp³-hybridized carbons (Fsp3) is 0.429. The molecular weight excluding hydrogens is 324 g/mol. The second kappa shape index (κ2) is 7.76. The normalized spacial score (nSPS) is 27.3. The van der Waals surface area contributed by atoms with Crippen molar-refractivity contribution in [3.63, 3.8) is 0 Å². The summed E-state index contributed by atoms with van der Waals surface area (Å²) in [5.74, 6) is 0.319. The molecule has 138 valence electrons. The van der Waals surface area contributed by atoms with Crippen LogP contribution in [0.3, 0.4) is 0 Å². The Balaban J connectivity index is 1.52. The van der Waals surface area contributed by atoms with E-state index in [0.717, 1.165) is 32.7 Å². The van der Waals surface area contributed by atoms with Gasteiger partial charge in [-0.05, 0) is 30.2 Å². The first-order valence-corrected chi connectivity index (χ1v) is 9.50. The first-order valence-electron chi connectivity index (χ1n) is 9.50. The molecule has 5 nitrogen and oxygen atoms in total. The molecule has 5 heteroatoms. The monoisotopic (exact) mass is 352 g/mol. The lowest BCUT2D eigenvalue weighted by atomic mass is 9.98. The summed E-state index contributed by atoms with van der Waals surface area (Å²) in [5.41, 5.74) is 3.86. The lowest BCUT2D eigenvalue weighted by Crippen LogP contribution is -2.62. The van der Waals surface area contributed by atoms with Crippen molar-refractivity contribution in [1.29, 1.82) is 0 Å². The highest BCUT2D eigenvalue weighted by molar-refractivity contribution is 5.29. The van der Waals surface area contributed by atoms with Gasteiger partial charge in [-0.1, -0.05) is 42.0 Å². The minimum atomic E-state index is 0.284. The Bertz CT molecular complexity index is 716. The number of hydrogen-bond acceptors (Lipinski definition) is 5. The van der Waals surface area contributed by atoms with Gasteiger partial charge < -0.3 is 15.7 Å². The highest BCUT2D eigenvalue weighted by Gasteiger charge is 2.33. The first kappa shape index (κ1) is 17.5. The van der Waals surface area contributed by atoms with E-state index in [4.69, 9.17) is 0 Å². The maximum atomic E-state index is 9.54.